The van der Waals surface area contributed by atoms with E-state index in [-0.39, 0.29) is 11.9 Å². The predicted molar refractivity (Wildman–Crippen MR) is 98.3 cm³/mol. The van der Waals surface area contributed by atoms with Crippen LogP contribution in [0.2, 0.25) is 0 Å². The number of hydrogen-bond donors (Lipinski definition) is 1. The first kappa shape index (κ1) is 18.7. The maximum absolute atomic E-state index is 13.6. The van der Waals surface area contributed by atoms with E-state index in [1.807, 2.05) is 38.1 Å². The molecule has 0 aromatic heterocycles. The van der Waals surface area contributed by atoms with Crippen molar-refractivity contribution in [2.24, 2.45) is 0 Å². The summed E-state index contributed by atoms with van der Waals surface area (Å²) in [5, 5.41) is 3.35. The van der Waals surface area contributed by atoms with E-state index < -0.39 is 0 Å². The number of nitrogens with one attached hydrogen (secondary N) is 1. The zero-order valence-electron chi connectivity index (χ0n) is 14.2. The Hall–Kier alpha value is -1.59. The molecule has 0 fully saturated rings. The van der Waals surface area contributed by atoms with Gasteiger partial charge in [-0.25, -0.2) is 4.39 Å². The topological polar surface area (TPSA) is 30.5 Å². The average molecular weight is 396 g/mol. The molecule has 2 aromatic carbocycles. The molecule has 0 unspecified atom stereocenters. The second kappa shape index (κ2) is 9.04. The van der Waals surface area contributed by atoms with Crippen LogP contribution in [-0.2, 0) is 13.0 Å². The third-order valence-electron chi connectivity index (χ3n) is 3.57. The van der Waals surface area contributed by atoms with Gasteiger partial charge in [0.2, 0.25) is 0 Å². The number of hydrogen-bond acceptors (Lipinski definition) is 3. The maximum atomic E-state index is 13.6. The van der Waals surface area contributed by atoms with Crippen LogP contribution >= 0.6 is 15.9 Å². The Morgan fingerprint density at radius 2 is 1.92 bits per heavy atom. The standard InChI is InChI=1S/C19H23BrFNO2/c1-13(2)24-19-15(16(20)8-9-18(19)23-3)12-22-11-10-14-6-4-5-7-17(14)21/h4-9,13,22H,10-12H2,1-3H3. The SMILES string of the molecule is COc1ccc(Br)c(CNCCc2ccccc2F)c1OC(C)C. The Bertz CT molecular complexity index is 676. The summed E-state index contributed by atoms with van der Waals surface area (Å²) in [5.41, 5.74) is 1.71. The van der Waals surface area contributed by atoms with Gasteiger partial charge < -0.3 is 14.8 Å². The minimum Gasteiger partial charge on any atom is -0.493 e. The van der Waals surface area contributed by atoms with Crippen LogP contribution in [0, 0.1) is 5.82 Å². The predicted octanol–water partition coefficient (Wildman–Crippen LogP) is 4.72. The van der Waals surface area contributed by atoms with Gasteiger partial charge >= 0.3 is 0 Å². The molecule has 0 saturated heterocycles. The van der Waals surface area contributed by atoms with E-state index in [0.29, 0.717) is 30.8 Å². The molecule has 130 valence electrons. The average Bonchev–Trinajstić information content (AvgIpc) is 2.55. The van der Waals surface area contributed by atoms with E-state index >= 15 is 0 Å². The normalized spacial score (nSPS) is 10.9. The Labute approximate surface area is 151 Å². The van der Waals surface area contributed by atoms with Crippen molar-refractivity contribution in [1.29, 1.82) is 0 Å². The summed E-state index contributed by atoms with van der Waals surface area (Å²) in [6.07, 6.45) is 0.680. The lowest BCUT2D eigenvalue weighted by atomic mass is 10.1. The third kappa shape index (κ3) is 4.95. The Morgan fingerprint density at radius 3 is 2.58 bits per heavy atom. The third-order valence-corrected chi connectivity index (χ3v) is 4.31. The molecule has 5 heteroatoms. The van der Waals surface area contributed by atoms with Crippen LogP contribution < -0.4 is 14.8 Å². The van der Waals surface area contributed by atoms with Gasteiger partial charge in [-0.05, 0) is 50.6 Å². The number of methoxy groups -OCH3 is 1. The highest BCUT2D eigenvalue weighted by Gasteiger charge is 2.15. The first-order valence-electron chi connectivity index (χ1n) is 7.99. The van der Waals surface area contributed by atoms with Crippen LogP contribution in [0.15, 0.2) is 40.9 Å². The van der Waals surface area contributed by atoms with Gasteiger partial charge in [-0.2, -0.15) is 0 Å². The molecule has 0 radical (unpaired) electrons. The number of ether oxygens (including phenoxy) is 2. The fourth-order valence-electron chi connectivity index (χ4n) is 2.41. The van der Waals surface area contributed by atoms with Crippen molar-refractivity contribution in [3.63, 3.8) is 0 Å². The summed E-state index contributed by atoms with van der Waals surface area (Å²) in [7, 11) is 1.63. The Kier molecular flexibility index (Phi) is 7.06. The van der Waals surface area contributed by atoms with Crippen LogP contribution in [0.1, 0.15) is 25.0 Å². The summed E-state index contributed by atoms with van der Waals surface area (Å²) in [4.78, 5) is 0. The van der Waals surface area contributed by atoms with Crippen LogP contribution in [0.5, 0.6) is 11.5 Å². The minimum absolute atomic E-state index is 0.0466. The molecule has 24 heavy (non-hydrogen) atoms. The maximum Gasteiger partial charge on any atom is 0.167 e. The highest BCUT2D eigenvalue weighted by atomic mass is 79.9. The lowest BCUT2D eigenvalue weighted by Crippen LogP contribution is -2.19. The molecule has 0 aliphatic carbocycles. The largest absolute Gasteiger partial charge is 0.493 e. The van der Waals surface area contributed by atoms with Gasteiger partial charge in [0.25, 0.3) is 0 Å². The van der Waals surface area contributed by atoms with E-state index in [9.17, 15) is 4.39 Å². The van der Waals surface area contributed by atoms with Gasteiger partial charge in [0, 0.05) is 16.6 Å². The van der Waals surface area contributed by atoms with E-state index in [2.05, 4.69) is 21.2 Å². The number of benzene rings is 2. The molecular weight excluding hydrogens is 373 g/mol. The lowest BCUT2D eigenvalue weighted by Gasteiger charge is -2.19. The van der Waals surface area contributed by atoms with E-state index in [1.165, 1.54) is 6.07 Å². The van der Waals surface area contributed by atoms with Crippen molar-refractivity contribution in [2.75, 3.05) is 13.7 Å². The van der Waals surface area contributed by atoms with E-state index in [4.69, 9.17) is 9.47 Å². The molecule has 0 aliphatic rings. The zero-order valence-corrected chi connectivity index (χ0v) is 15.8. The van der Waals surface area contributed by atoms with Crippen LogP contribution in [-0.4, -0.2) is 19.8 Å². The Morgan fingerprint density at radius 1 is 1.17 bits per heavy atom. The molecule has 0 spiro atoms. The monoisotopic (exact) mass is 395 g/mol. The van der Waals surface area contributed by atoms with Crippen LogP contribution in [0.4, 0.5) is 4.39 Å². The highest BCUT2D eigenvalue weighted by molar-refractivity contribution is 9.10. The van der Waals surface area contributed by atoms with Gasteiger partial charge in [-0.1, -0.05) is 34.1 Å². The molecule has 1 N–H and O–H groups in total. The molecule has 0 bridgehead atoms. The molecule has 0 saturated carbocycles. The van der Waals surface area contributed by atoms with Crippen molar-refractivity contribution in [2.45, 2.75) is 32.9 Å². The summed E-state index contributed by atoms with van der Waals surface area (Å²) >= 11 is 3.57. The molecule has 0 amide bonds. The zero-order chi connectivity index (χ0) is 17.5. The molecule has 0 heterocycles. The number of halogens is 2. The first-order chi connectivity index (χ1) is 11.5. The van der Waals surface area contributed by atoms with Crippen LogP contribution in [0.25, 0.3) is 0 Å². The molecule has 3 nitrogen and oxygen atoms in total. The summed E-state index contributed by atoms with van der Waals surface area (Å²) in [6.45, 7) is 5.24. The van der Waals surface area contributed by atoms with E-state index in [0.717, 1.165) is 15.8 Å². The minimum atomic E-state index is -0.161. The summed E-state index contributed by atoms with van der Waals surface area (Å²) in [6, 6.07) is 10.7. The van der Waals surface area contributed by atoms with Gasteiger partial charge in [-0.15, -0.1) is 0 Å². The molecular formula is C19H23BrFNO2. The first-order valence-corrected chi connectivity index (χ1v) is 8.78. The van der Waals surface area contributed by atoms with Crippen LogP contribution in [0.3, 0.4) is 0 Å². The van der Waals surface area contributed by atoms with Crippen molar-refractivity contribution in [3.05, 3.63) is 57.8 Å². The van der Waals surface area contributed by atoms with E-state index in [1.54, 1.807) is 13.2 Å². The fourth-order valence-corrected chi connectivity index (χ4v) is 2.86. The van der Waals surface area contributed by atoms with Crippen molar-refractivity contribution < 1.29 is 13.9 Å². The Balaban J connectivity index is 2.04. The second-order valence-electron chi connectivity index (χ2n) is 5.74. The second-order valence-corrected chi connectivity index (χ2v) is 6.60. The van der Waals surface area contributed by atoms with Gasteiger partial charge in [-0.3, -0.25) is 0 Å². The van der Waals surface area contributed by atoms with Crippen molar-refractivity contribution in [3.8, 4) is 11.5 Å². The van der Waals surface area contributed by atoms with Gasteiger partial charge in [0.05, 0.1) is 13.2 Å². The number of rotatable bonds is 8. The molecule has 2 aromatic rings. The summed E-state index contributed by atoms with van der Waals surface area (Å²) in [5.74, 6) is 1.28. The highest BCUT2D eigenvalue weighted by Crippen LogP contribution is 2.36. The van der Waals surface area contributed by atoms with Crippen molar-refractivity contribution >= 4 is 15.9 Å². The molecule has 0 aliphatic heterocycles. The lowest BCUT2D eigenvalue weighted by molar-refractivity contribution is 0.227. The fraction of sp³-hybridized carbons (Fsp3) is 0.368. The smallest absolute Gasteiger partial charge is 0.167 e. The van der Waals surface area contributed by atoms with Crippen molar-refractivity contribution in [1.82, 2.24) is 5.32 Å². The molecule has 0 atom stereocenters. The van der Waals surface area contributed by atoms with Gasteiger partial charge in [0.1, 0.15) is 5.82 Å². The van der Waals surface area contributed by atoms with Gasteiger partial charge in [0.15, 0.2) is 11.5 Å². The summed E-state index contributed by atoms with van der Waals surface area (Å²) < 4.78 is 25.9. The quantitative estimate of drug-likeness (QED) is 0.656. The molecule has 2 rings (SSSR count).